The molecule has 126 valence electrons. The molecule has 1 aliphatic heterocycles. The molecule has 0 fully saturated rings. The molecule has 6 heteroatoms. The van der Waals surface area contributed by atoms with Gasteiger partial charge in [-0.2, -0.15) is 0 Å². The molecule has 1 amide bonds. The summed E-state index contributed by atoms with van der Waals surface area (Å²) >= 11 is 0. The van der Waals surface area contributed by atoms with E-state index in [2.05, 4.69) is 10.1 Å². The lowest BCUT2D eigenvalue weighted by Gasteiger charge is -2.17. The molecular formula is C19H15NO5. The highest BCUT2D eigenvalue weighted by molar-refractivity contribution is 6.08. The molecule has 1 aliphatic rings. The van der Waals surface area contributed by atoms with E-state index in [4.69, 9.17) is 4.74 Å². The van der Waals surface area contributed by atoms with Crippen LogP contribution in [-0.2, 0) is 9.53 Å². The number of ether oxygens (including phenoxy) is 2. The van der Waals surface area contributed by atoms with Crippen molar-refractivity contribution in [1.82, 2.24) is 0 Å². The Balaban J connectivity index is 1.73. The second kappa shape index (κ2) is 7.00. The van der Waals surface area contributed by atoms with Crippen LogP contribution in [0.25, 0.3) is 6.08 Å². The predicted octanol–water partition coefficient (Wildman–Crippen LogP) is 2.70. The number of methoxy groups -OCH3 is 1. The fourth-order valence-corrected chi connectivity index (χ4v) is 2.35. The van der Waals surface area contributed by atoms with Crippen LogP contribution in [-0.4, -0.2) is 31.4 Å². The third-order valence-electron chi connectivity index (χ3n) is 3.66. The van der Waals surface area contributed by atoms with Gasteiger partial charge in [0.05, 0.1) is 18.4 Å². The Morgan fingerprint density at radius 2 is 1.84 bits per heavy atom. The molecule has 0 radical (unpaired) electrons. The highest BCUT2D eigenvalue weighted by Crippen LogP contribution is 2.28. The number of nitrogens with one attached hydrogen (secondary N) is 1. The summed E-state index contributed by atoms with van der Waals surface area (Å²) in [5.41, 5.74) is 2.14. The van der Waals surface area contributed by atoms with Gasteiger partial charge in [-0.1, -0.05) is 18.2 Å². The van der Waals surface area contributed by atoms with Gasteiger partial charge in [0.2, 0.25) is 0 Å². The molecule has 0 atom stereocenters. The molecule has 0 unspecified atom stereocenters. The second-order valence-corrected chi connectivity index (χ2v) is 5.36. The van der Waals surface area contributed by atoms with Gasteiger partial charge in [-0.15, -0.1) is 0 Å². The molecular weight excluding hydrogens is 322 g/mol. The third-order valence-corrected chi connectivity index (χ3v) is 3.66. The van der Waals surface area contributed by atoms with E-state index in [9.17, 15) is 14.4 Å². The Hall–Kier alpha value is -3.41. The molecule has 0 spiro atoms. The number of ketones is 1. The van der Waals surface area contributed by atoms with E-state index >= 15 is 0 Å². The average molecular weight is 337 g/mol. The standard InChI is InChI=1S/C19H15NO5/c1-24-19(23)13-5-2-12(3-6-13)4-8-16(21)14-7-9-17-15(10-14)20-18(22)11-25-17/h2-10H,11H2,1H3,(H,20,22). The van der Waals surface area contributed by atoms with Crippen molar-refractivity contribution in [3.05, 3.63) is 65.2 Å². The number of anilines is 1. The lowest BCUT2D eigenvalue weighted by atomic mass is 10.1. The summed E-state index contributed by atoms with van der Waals surface area (Å²) in [6.45, 7) is -0.0260. The monoisotopic (exact) mass is 337 g/mol. The molecule has 1 heterocycles. The van der Waals surface area contributed by atoms with Gasteiger partial charge in [0.15, 0.2) is 12.4 Å². The maximum absolute atomic E-state index is 12.3. The van der Waals surface area contributed by atoms with Gasteiger partial charge in [-0.3, -0.25) is 9.59 Å². The Kier molecular flexibility index (Phi) is 4.61. The van der Waals surface area contributed by atoms with Crippen molar-refractivity contribution in [2.24, 2.45) is 0 Å². The first-order valence-corrected chi connectivity index (χ1v) is 7.54. The quantitative estimate of drug-likeness (QED) is 0.527. The Bertz CT molecular complexity index is 868. The summed E-state index contributed by atoms with van der Waals surface area (Å²) in [6, 6.07) is 11.6. The fourth-order valence-electron chi connectivity index (χ4n) is 2.35. The van der Waals surface area contributed by atoms with Crippen LogP contribution in [0.5, 0.6) is 5.75 Å². The van der Waals surface area contributed by atoms with Crippen molar-refractivity contribution in [1.29, 1.82) is 0 Å². The summed E-state index contributed by atoms with van der Waals surface area (Å²) in [4.78, 5) is 35.0. The van der Waals surface area contributed by atoms with E-state index in [0.29, 0.717) is 22.6 Å². The number of fused-ring (bicyclic) bond motifs is 1. The SMILES string of the molecule is COC(=O)c1ccc(C=CC(=O)c2ccc3c(c2)NC(=O)CO3)cc1. The minimum Gasteiger partial charge on any atom is -0.482 e. The fraction of sp³-hybridized carbons (Fsp3) is 0.105. The first-order valence-electron chi connectivity index (χ1n) is 7.54. The number of hydrogen-bond acceptors (Lipinski definition) is 5. The highest BCUT2D eigenvalue weighted by atomic mass is 16.5. The molecule has 2 aromatic carbocycles. The number of carbonyl (C=O) groups is 3. The number of esters is 1. The molecule has 6 nitrogen and oxygen atoms in total. The van der Waals surface area contributed by atoms with Crippen LogP contribution < -0.4 is 10.1 Å². The maximum atomic E-state index is 12.3. The number of allylic oxidation sites excluding steroid dienone is 1. The van der Waals surface area contributed by atoms with E-state index in [-0.39, 0.29) is 18.3 Å². The molecule has 3 rings (SSSR count). The minimum absolute atomic E-state index is 0.0260. The van der Waals surface area contributed by atoms with Crippen LogP contribution in [0.1, 0.15) is 26.3 Å². The van der Waals surface area contributed by atoms with Crippen molar-refractivity contribution in [3.63, 3.8) is 0 Å². The minimum atomic E-state index is -0.412. The summed E-state index contributed by atoms with van der Waals surface area (Å²) < 4.78 is 9.89. The topological polar surface area (TPSA) is 81.7 Å². The summed E-state index contributed by atoms with van der Waals surface area (Å²) in [6.07, 6.45) is 3.08. The molecule has 0 aliphatic carbocycles. The number of carbonyl (C=O) groups excluding carboxylic acids is 3. The van der Waals surface area contributed by atoms with Crippen LogP contribution in [0.3, 0.4) is 0 Å². The van der Waals surface area contributed by atoms with Crippen LogP contribution in [0.2, 0.25) is 0 Å². The first kappa shape index (κ1) is 16.4. The summed E-state index contributed by atoms with van der Waals surface area (Å²) in [5.74, 6) is -0.332. The van der Waals surface area contributed by atoms with E-state index in [1.54, 1.807) is 48.5 Å². The molecule has 0 aromatic heterocycles. The van der Waals surface area contributed by atoms with E-state index in [0.717, 1.165) is 5.56 Å². The zero-order chi connectivity index (χ0) is 17.8. The third kappa shape index (κ3) is 3.74. The highest BCUT2D eigenvalue weighted by Gasteiger charge is 2.17. The van der Waals surface area contributed by atoms with Crippen LogP contribution in [0.15, 0.2) is 48.5 Å². The Labute approximate surface area is 144 Å². The molecule has 0 bridgehead atoms. The Morgan fingerprint density at radius 3 is 2.56 bits per heavy atom. The Morgan fingerprint density at radius 1 is 1.12 bits per heavy atom. The molecule has 25 heavy (non-hydrogen) atoms. The van der Waals surface area contributed by atoms with Crippen LogP contribution in [0, 0.1) is 0 Å². The van der Waals surface area contributed by atoms with E-state index in [1.807, 2.05) is 0 Å². The predicted molar refractivity (Wildman–Crippen MR) is 91.7 cm³/mol. The van der Waals surface area contributed by atoms with Gasteiger partial charge in [0.25, 0.3) is 5.91 Å². The molecule has 1 N–H and O–H groups in total. The number of hydrogen-bond donors (Lipinski definition) is 1. The van der Waals surface area contributed by atoms with Crippen molar-refractivity contribution in [2.45, 2.75) is 0 Å². The second-order valence-electron chi connectivity index (χ2n) is 5.36. The maximum Gasteiger partial charge on any atom is 0.337 e. The molecule has 2 aromatic rings. The van der Waals surface area contributed by atoms with Gasteiger partial charge in [-0.25, -0.2) is 4.79 Å². The zero-order valence-corrected chi connectivity index (χ0v) is 13.4. The average Bonchev–Trinajstić information content (AvgIpc) is 2.65. The van der Waals surface area contributed by atoms with Crippen LogP contribution in [0.4, 0.5) is 5.69 Å². The smallest absolute Gasteiger partial charge is 0.337 e. The van der Waals surface area contributed by atoms with Gasteiger partial charge < -0.3 is 14.8 Å². The summed E-state index contributed by atoms with van der Waals surface area (Å²) in [5, 5.41) is 2.67. The van der Waals surface area contributed by atoms with Gasteiger partial charge in [-0.05, 0) is 42.0 Å². The van der Waals surface area contributed by atoms with Crippen molar-refractivity contribution in [2.75, 3.05) is 19.0 Å². The van der Waals surface area contributed by atoms with Crippen molar-refractivity contribution in [3.8, 4) is 5.75 Å². The summed E-state index contributed by atoms with van der Waals surface area (Å²) in [7, 11) is 1.32. The van der Waals surface area contributed by atoms with Crippen molar-refractivity contribution < 1.29 is 23.9 Å². The lowest BCUT2D eigenvalue weighted by Crippen LogP contribution is -2.25. The largest absolute Gasteiger partial charge is 0.482 e. The number of rotatable bonds is 4. The van der Waals surface area contributed by atoms with E-state index < -0.39 is 5.97 Å². The van der Waals surface area contributed by atoms with Crippen LogP contribution >= 0.6 is 0 Å². The number of benzene rings is 2. The molecule has 0 saturated heterocycles. The van der Waals surface area contributed by atoms with Gasteiger partial charge in [0, 0.05) is 5.56 Å². The lowest BCUT2D eigenvalue weighted by molar-refractivity contribution is -0.118. The zero-order valence-electron chi connectivity index (χ0n) is 13.4. The van der Waals surface area contributed by atoms with Gasteiger partial charge >= 0.3 is 5.97 Å². The van der Waals surface area contributed by atoms with E-state index in [1.165, 1.54) is 13.2 Å². The first-order chi connectivity index (χ1) is 12.1. The number of amides is 1. The van der Waals surface area contributed by atoms with Crippen molar-refractivity contribution >= 4 is 29.4 Å². The molecule has 0 saturated carbocycles. The van der Waals surface area contributed by atoms with Gasteiger partial charge in [0.1, 0.15) is 5.75 Å². The normalized spacial score (nSPS) is 12.9.